The summed E-state index contributed by atoms with van der Waals surface area (Å²) in [5, 5.41) is 14.3. The molecule has 1 atom stereocenters. The molecule has 0 aliphatic heterocycles. The Morgan fingerprint density at radius 1 is 1.24 bits per heavy atom. The summed E-state index contributed by atoms with van der Waals surface area (Å²) in [6, 6.07) is 10.7. The Kier molecular flexibility index (Phi) is 5.11. The second-order valence-electron chi connectivity index (χ2n) is 4.90. The highest BCUT2D eigenvalue weighted by Gasteiger charge is 2.11. The van der Waals surface area contributed by atoms with Crippen LogP contribution in [0.2, 0.25) is 0 Å². The molecule has 2 aromatic rings. The largest absolute Gasteiger partial charge is 0.480 e. The van der Waals surface area contributed by atoms with Gasteiger partial charge in [-0.2, -0.15) is 0 Å². The lowest BCUT2D eigenvalue weighted by atomic mass is 10.0. The van der Waals surface area contributed by atoms with Gasteiger partial charge in [0.2, 0.25) is 5.88 Å². The lowest BCUT2D eigenvalue weighted by Gasteiger charge is -2.13. The molecule has 0 radical (unpaired) electrons. The van der Waals surface area contributed by atoms with Crippen LogP contribution >= 0.6 is 0 Å². The van der Waals surface area contributed by atoms with Crippen LogP contribution < -0.4 is 10.3 Å². The molecule has 1 unspecified atom stereocenters. The number of aromatic nitrogens is 2. The van der Waals surface area contributed by atoms with E-state index in [1.165, 1.54) is 29.5 Å². The topological polar surface area (TPSA) is 64.3 Å². The molecular formula is C16H20N2O3. The molecule has 5 nitrogen and oxygen atoms in total. The van der Waals surface area contributed by atoms with Crippen LogP contribution in [0.25, 0.3) is 0 Å². The molecule has 112 valence electrons. The van der Waals surface area contributed by atoms with E-state index in [0.29, 0.717) is 5.88 Å². The van der Waals surface area contributed by atoms with Crippen LogP contribution in [-0.2, 0) is 13.0 Å². The SMILES string of the molecule is CCCc1ccc(C(O)Cn2nc(OC)ccc2=O)cc1. The van der Waals surface area contributed by atoms with Crippen LogP contribution in [0.3, 0.4) is 0 Å². The molecule has 0 aliphatic carbocycles. The highest BCUT2D eigenvalue weighted by molar-refractivity contribution is 5.24. The van der Waals surface area contributed by atoms with Crippen molar-refractivity contribution in [2.24, 2.45) is 0 Å². The number of rotatable bonds is 6. The molecule has 0 spiro atoms. The van der Waals surface area contributed by atoms with Gasteiger partial charge in [0.05, 0.1) is 19.8 Å². The number of nitrogens with zero attached hydrogens (tertiary/aromatic N) is 2. The van der Waals surface area contributed by atoms with E-state index < -0.39 is 6.10 Å². The minimum absolute atomic E-state index is 0.100. The third kappa shape index (κ3) is 3.92. The van der Waals surface area contributed by atoms with Gasteiger partial charge in [0.1, 0.15) is 0 Å². The third-order valence-corrected chi connectivity index (χ3v) is 3.30. The number of ether oxygens (including phenoxy) is 1. The van der Waals surface area contributed by atoms with Crippen molar-refractivity contribution < 1.29 is 9.84 Å². The molecule has 1 N–H and O–H groups in total. The maximum Gasteiger partial charge on any atom is 0.267 e. The number of benzene rings is 1. The maximum atomic E-state index is 11.7. The molecule has 1 aromatic heterocycles. The fourth-order valence-electron chi connectivity index (χ4n) is 2.13. The first-order valence-corrected chi connectivity index (χ1v) is 7.03. The summed E-state index contributed by atoms with van der Waals surface area (Å²) in [6.07, 6.45) is 1.33. The summed E-state index contributed by atoms with van der Waals surface area (Å²) in [4.78, 5) is 11.7. The van der Waals surface area contributed by atoms with Crippen molar-refractivity contribution >= 4 is 0 Å². The zero-order chi connectivity index (χ0) is 15.2. The summed E-state index contributed by atoms with van der Waals surface area (Å²) < 4.78 is 6.20. The van der Waals surface area contributed by atoms with E-state index in [1.807, 2.05) is 24.3 Å². The van der Waals surface area contributed by atoms with Gasteiger partial charge in [0.25, 0.3) is 5.56 Å². The summed E-state index contributed by atoms with van der Waals surface area (Å²) in [7, 11) is 1.49. The zero-order valence-corrected chi connectivity index (χ0v) is 12.3. The predicted octanol–water partition coefficient (Wildman–Crippen LogP) is 1.94. The van der Waals surface area contributed by atoms with Crippen molar-refractivity contribution in [3.63, 3.8) is 0 Å². The lowest BCUT2D eigenvalue weighted by Crippen LogP contribution is -2.25. The Morgan fingerprint density at radius 3 is 2.57 bits per heavy atom. The molecule has 2 rings (SSSR count). The van der Waals surface area contributed by atoms with Gasteiger partial charge in [-0.15, -0.1) is 5.10 Å². The quantitative estimate of drug-likeness (QED) is 0.882. The molecule has 21 heavy (non-hydrogen) atoms. The fraction of sp³-hybridized carbons (Fsp3) is 0.375. The molecule has 0 saturated heterocycles. The first-order valence-electron chi connectivity index (χ1n) is 7.03. The van der Waals surface area contributed by atoms with E-state index in [0.717, 1.165) is 18.4 Å². The van der Waals surface area contributed by atoms with E-state index in [-0.39, 0.29) is 12.1 Å². The van der Waals surface area contributed by atoms with Crippen molar-refractivity contribution in [1.82, 2.24) is 9.78 Å². The van der Waals surface area contributed by atoms with Gasteiger partial charge in [-0.1, -0.05) is 37.6 Å². The molecule has 1 heterocycles. The van der Waals surface area contributed by atoms with Crippen LogP contribution in [0.1, 0.15) is 30.6 Å². The van der Waals surface area contributed by atoms with Crippen LogP contribution in [0.15, 0.2) is 41.2 Å². The Hall–Kier alpha value is -2.14. The molecule has 0 aliphatic rings. The number of aryl methyl sites for hydroxylation is 1. The zero-order valence-electron chi connectivity index (χ0n) is 12.3. The highest BCUT2D eigenvalue weighted by Crippen LogP contribution is 2.16. The smallest absolute Gasteiger partial charge is 0.267 e. The van der Waals surface area contributed by atoms with Crippen molar-refractivity contribution in [2.45, 2.75) is 32.4 Å². The van der Waals surface area contributed by atoms with Crippen LogP contribution in [0.4, 0.5) is 0 Å². The molecule has 5 heteroatoms. The Labute approximate surface area is 123 Å². The summed E-state index contributed by atoms with van der Waals surface area (Å²) in [5.41, 5.74) is 1.74. The first-order chi connectivity index (χ1) is 10.1. The third-order valence-electron chi connectivity index (χ3n) is 3.30. The minimum atomic E-state index is -0.780. The maximum absolute atomic E-state index is 11.7. The standard InChI is InChI=1S/C16H20N2O3/c1-3-4-12-5-7-13(8-6-12)14(19)11-18-16(20)10-9-15(17-18)21-2/h5-10,14,19H,3-4,11H2,1-2H3. The van der Waals surface area contributed by atoms with Crippen molar-refractivity contribution in [1.29, 1.82) is 0 Å². The normalized spacial score (nSPS) is 12.1. The number of aliphatic hydroxyl groups is 1. The highest BCUT2D eigenvalue weighted by atomic mass is 16.5. The Balaban J connectivity index is 2.13. The minimum Gasteiger partial charge on any atom is -0.480 e. The van der Waals surface area contributed by atoms with E-state index in [4.69, 9.17) is 4.74 Å². The monoisotopic (exact) mass is 288 g/mol. The van der Waals surface area contributed by atoms with Gasteiger partial charge in [-0.05, 0) is 17.5 Å². The van der Waals surface area contributed by atoms with E-state index in [9.17, 15) is 9.90 Å². The lowest BCUT2D eigenvalue weighted by molar-refractivity contribution is 0.148. The van der Waals surface area contributed by atoms with Gasteiger partial charge < -0.3 is 9.84 Å². The van der Waals surface area contributed by atoms with Crippen molar-refractivity contribution in [3.8, 4) is 5.88 Å². The summed E-state index contributed by atoms with van der Waals surface area (Å²) in [5.74, 6) is 0.347. The average Bonchev–Trinajstić information content (AvgIpc) is 2.50. The van der Waals surface area contributed by atoms with E-state index in [1.54, 1.807) is 0 Å². The van der Waals surface area contributed by atoms with Crippen molar-refractivity contribution in [3.05, 3.63) is 57.9 Å². The number of hydrogen-bond donors (Lipinski definition) is 1. The van der Waals surface area contributed by atoms with Gasteiger partial charge in [0, 0.05) is 12.1 Å². The molecule has 0 amide bonds. The van der Waals surface area contributed by atoms with E-state index in [2.05, 4.69) is 12.0 Å². The van der Waals surface area contributed by atoms with Gasteiger partial charge in [-0.3, -0.25) is 4.79 Å². The Morgan fingerprint density at radius 2 is 1.95 bits per heavy atom. The molecule has 0 saturated carbocycles. The molecular weight excluding hydrogens is 268 g/mol. The summed E-state index contributed by atoms with van der Waals surface area (Å²) >= 11 is 0. The number of aliphatic hydroxyl groups excluding tert-OH is 1. The Bertz CT molecular complexity index is 635. The summed E-state index contributed by atoms with van der Waals surface area (Å²) in [6.45, 7) is 2.23. The predicted molar refractivity (Wildman–Crippen MR) is 80.4 cm³/mol. The van der Waals surface area contributed by atoms with Crippen molar-refractivity contribution in [2.75, 3.05) is 7.11 Å². The second-order valence-corrected chi connectivity index (χ2v) is 4.90. The molecule has 0 bridgehead atoms. The first kappa shape index (κ1) is 15.3. The molecule has 1 aromatic carbocycles. The van der Waals surface area contributed by atoms with Crippen LogP contribution in [0, 0.1) is 0 Å². The van der Waals surface area contributed by atoms with Gasteiger partial charge in [-0.25, -0.2) is 4.68 Å². The average molecular weight is 288 g/mol. The van der Waals surface area contributed by atoms with Crippen LogP contribution in [0.5, 0.6) is 5.88 Å². The van der Waals surface area contributed by atoms with Crippen LogP contribution in [-0.4, -0.2) is 22.0 Å². The fourth-order valence-corrected chi connectivity index (χ4v) is 2.13. The van der Waals surface area contributed by atoms with Gasteiger partial charge >= 0.3 is 0 Å². The number of hydrogen-bond acceptors (Lipinski definition) is 4. The van der Waals surface area contributed by atoms with Gasteiger partial charge in [0.15, 0.2) is 0 Å². The number of methoxy groups -OCH3 is 1. The molecule has 0 fully saturated rings. The van der Waals surface area contributed by atoms with E-state index >= 15 is 0 Å². The second kappa shape index (κ2) is 7.04.